The van der Waals surface area contributed by atoms with Crippen LogP contribution in [0, 0.1) is 6.92 Å². The number of quaternary nitrogens is 1. The summed E-state index contributed by atoms with van der Waals surface area (Å²) in [6.07, 6.45) is 3.66. The van der Waals surface area contributed by atoms with Crippen molar-refractivity contribution in [2.75, 3.05) is 6.54 Å². The third-order valence-corrected chi connectivity index (χ3v) is 5.86. The lowest BCUT2D eigenvalue weighted by molar-refractivity contribution is -0.941. The third kappa shape index (κ3) is 3.26. The largest absolute Gasteiger partial charge is 0.507 e. The smallest absolute Gasteiger partial charge is 0.200 e. The van der Waals surface area contributed by atoms with Gasteiger partial charge in [0.15, 0.2) is 5.58 Å². The van der Waals surface area contributed by atoms with E-state index in [0.29, 0.717) is 34.9 Å². The van der Waals surface area contributed by atoms with Crippen molar-refractivity contribution in [2.45, 2.75) is 45.7 Å². The van der Waals surface area contributed by atoms with Gasteiger partial charge in [-0.3, -0.25) is 4.79 Å². The highest BCUT2D eigenvalue weighted by Crippen LogP contribution is 2.30. The van der Waals surface area contributed by atoms with Crippen LogP contribution in [0.1, 0.15) is 37.5 Å². The summed E-state index contributed by atoms with van der Waals surface area (Å²) in [6, 6.07) is 13.5. The Morgan fingerprint density at radius 2 is 1.93 bits per heavy atom. The second-order valence-corrected chi connectivity index (χ2v) is 7.65. The molecular formula is C23H26NO3+. The molecule has 0 saturated carbocycles. The zero-order valence-corrected chi connectivity index (χ0v) is 15.9. The van der Waals surface area contributed by atoms with E-state index in [9.17, 15) is 9.90 Å². The SMILES string of the molecule is Cc1oc2c(C[NH+]3CCCC[C@H]3C)c(O)ccc2c(=O)c1-c1ccccc1. The van der Waals surface area contributed by atoms with E-state index in [0.717, 1.165) is 17.7 Å². The second kappa shape index (κ2) is 7.20. The van der Waals surface area contributed by atoms with Crippen molar-refractivity contribution in [1.29, 1.82) is 0 Å². The normalized spacial score (nSPS) is 20.1. The lowest BCUT2D eigenvalue weighted by Gasteiger charge is -2.30. The van der Waals surface area contributed by atoms with Crippen LogP contribution < -0.4 is 10.3 Å². The second-order valence-electron chi connectivity index (χ2n) is 7.65. The Morgan fingerprint density at radius 1 is 1.15 bits per heavy atom. The number of piperidine rings is 1. The predicted octanol–water partition coefficient (Wildman–Crippen LogP) is 3.43. The van der Waals surface area contributed by atoms with Crippen LogP contribution in [0.5, 0.6) is 5.75 Å². The molecule has 4 rings (SSSR count). The first-order chi connectivity index (χ1) is 13.1. The summed E-state index contributed by atoms with van der Waals surface area (Å²) in [5, 5.41) is 11.1. The zero-order chi connectivity index (χ0) is 19.0. The molecule has 140 valence electrons. The van der Waals surface area contributed by atoms with Crippen LogP contribution in [0.2, 0.25) is 0 Å². The quantitative estimate of drug-likeness (QED) is 0.749. The summed E-state index contributed by atoms with van der Waals surface area (Å²) in [5.41, 5.74) is 2.69. The van der Waals surface area contributed by atoms with Gasteiger partial charge in [-0.2, -0.15) is 0 Å². The van der Waals surface area contributed by atoms with Crippen molar-refractivity contribution in [3.05, 3.63) is 64.0 Å². The minimum absolute atomic E-state index is 0.0390. The van der Waals surface area contributed by atoms with E-state index in [2.05, 4.69) is 6.92 Å². The Bertz CT molecular complexity index is 1020. The number of phenols is 1. The van der Waals surface area contributed by atoms with Crippen molar-refractivity contribution in [1.82, 2.24) is 0 Å². The first-order valence-corrected chi connectivity index (χ1v) is 9.74. The van der Waals surface area contributed by atoms with Crippen molar-refractivity contribution in [3.63, 3.8) is 0 Å². The van der Waals surface area contributed by atoms with E-state index >= 15 is 0 Å². The minimum atomic E-state index is -0.0390. The van der Waals surface area contributed by atoms with E-state index in [1.54, 1.807) is 12.1 Å². The van der Waals surface area contributed by atoms with Crippen LogP contribution in [-0.4, -0.2) is 17.7 Å². The molecule has 4 heteroatoms. The summed E-state index contributed by atoms with van der Waals surface area (Å²) in [7, 11) is 0. The van der Waals surface area contributed by atoms with E-state index in [1.165, 1.54) is 24.2 Å². The van der Waals surface area contributed by atoms with Crippen LogP contribution in [0.4, 0.5) is 0 Å². The minimum Gasteiger partial charge on any atom is -0.507 e. The molecule has 0 amide bonds. The van der Waals surface area contributed by atoms with E-state index in [-0.39, 0.29) is 11.2 Å². The van der Waals surface area contributed by atoms with Crippen molar-refractivity contribution in [3.8, 4) is 16.9 Å². The number of phenolic OH excluding ortho intramolecular Hbond substituents is 1. The molecule has 1 saturated heterocycles. The molecule has 4 nitrogen and oxygen atoms in total. The summed E-state index contributed by atoms with van der Waals surface area (Å²) in [4.78, 5) is 14.7. The molecule has 3 aromatic rings. The lowest BCUT2D eigenvalue weighted by atomic mass is 9.99. The highest BCUT2D eigenvalue weighted by atomic mass is 16.3. The maximum atomic E-state index is 13.2. The molecule has 2 heterocycles. The number of hydrogen-bond acceptors (Lipinski definition) is 3. The topological polar surface area (TPSA) is 54.9 Å². The van der Waals surface area contributed by atoms with Crippen molar-refractivity contribution >= 4 is 11.0 Å². The first kappa shape index (κ1) is 17.8. The van der Waals surface area contributed by atoms with Crippen LogP contribution in [0.25, 0.3) is 22.1 Å². The van der Waals surface area contributed by atoms with Crippen LogP contribution >= 0.6 is 0 Å². The zero-order valence-electron chi connectivity index (χ0n) is 15.9. The van der Waals surface area contributed by atoms with Gasteiger partial charge < -0.3 is 14.4 Å². The molecule has 1 aliphatic rings. The molecule has 2 atom stereocenters. The Labute approximate surface area is 159 Å². The molecule has 1 aromatic heterocycles. The van der Waals surface area contributed by atoms with Gasteiger partial charge >= 0.3 is 0 Å². The maximum Gasteiger partial charge on any atom is 0.200 e. The summed E-state index contributed by atoms with van der Waals surface area (Å²) >= 11 is 0. The number of aryl methyl sites for hydroxylation is 1. The average Bonchev–Trinajstić information content (AvgIpc) is 2.66. The fourth-order valence-electron chi connectivity index (χ4n) is 4.26. The molecule has 2 N–H and O–H groups in total. The highest BCUT2D eigenvalue weighted by Gasteiger charge is 2.26. The number of fused-ring (bicyclic) bond motifs is 1. The lowest BCUT2D eigenvalue weighted by Crippen LogP contribution is -3.14. The summed E-state index contributed by atoms with van der Waals surface area (Å²) in [6.45, 7) is 5.85. The molecule has 27 heavy (non-hydrogen) atoms. The molecule has 1 unspecified atom stereocenters. The van der Waals surface area contributed by atoms with Crippen LogP contribution in [0.3, 0.4) is 0 Å². The Kier molecular flexibility index (Phi) is 4.75. The monoisotopic (exact) mass is 364 g/mol. The van der Waals surface area contributed by atoms with E-state index < -0.39 is 0 Å². The van der Waals surface area contributed by atoms with Gasteiger partial charge in [-0.05, 0) is 50.8 Å². The van der Waals surface area contributed by atoms with E-state index in [1.807, 2.05) is 37.3 Å². The Morgan fingerprint density at radius 3 is 2.67 bits per heavy atom. The van der Waals surface area contributed by atoms with Gasteiger partial charge in [-0.15, -0.1) is 0 Å². The van der Waals surface area contributed by atoms with Gasteiger partial charge in [0, 0.05) is 0 Å². The van der Waals surface area contributed by atoms with E-state index in [4.69, 9.17) is 4.42 Å². The van der Waals surface area contributed by atoms with Crippen molar-refractivity contribution < 1.29 is 14.4 Å². The molecule has 0 spiro atoms. The van der Waals surface area contributed by atoms with Gasteiger partial charge in [0.05, 0.1) is 29.1 Å². The van der Waals surface area contributed by atoms with Gasteiger partial charge in [0.1, 0.15) is 18.1 Å². The molecule has 1 fully saturated rings. The highest BCUT2D eigenvalue weighted by molar-refractivity contribution is 5.86. The van der Waals surface area contributed by atoms with Crippen LogP contribution in [0.15, 0.2) is 51.7 Å². The number of aromatic hydroxyl groups is 1. The predicted molar refractivity (Wildman–Crippen MR) is 107 cm³/mol. The van der Waals surface area contributed by atoms with Gasteiger partial charge in [-0.1, -0.05) is 30.3 Å². The number of nitrogens with one attached hydrogen (secondary N) is 1. The molecule has 0 radical (unpaired) electrons. The number of rotatable bonds is 3. The Balaban J connectivity index is 1.86. The molecule has 0 aliphatic carbocycles. The van der Waals surface area contributed by atoms with Gasteiger partial charge in [-0.25, -0.2) is 0 Å². The molecule has 1 aliphatic heterocycles. The first-order valence-electron chi connectivity index (χ1n) is 9.74. The fourth-order valence-corrected chi connectivity index (χ4v) is 4.26. The fraction of sp³-hybridized carbons (Fsp3) is 0.348. The van der Waals surface area contributed by atoms with Crippen LogP contribution in [-0.2, 0) is 6.54 Å². The molecular weight excluding hydrogens is 338 g/mol. The summed E-state index contributed by atoms with van der Waals surface area (Å²) < 4.78 is 6.14. The van der Waals surface area contributed by atoms with Crippen molar-refractivity contribution in [2.24, 2.45) is 0 Å². The third-order valence-electron chi connectivity index (χ3n) is 5.86. The number of hydrogen-bond donors (Lipinski definition) is 2. The number of benzene rings is 2. The maximum absolute atomic E-state index is 13.2. The molecule has 0 bridgehead atoms. The standard InChI is InChI=1S/C23H25NO3/c1-15-8-6-7-13-24(15)14-19-20(25)12-11-18-22(26)21(16(2)27-23(18)19)17-9-4-3-5-10-17/h3-5,9-12,15,25H,6-8,13-14H2,1-2H3/p+1/t15-/m1/s1. The molecule has 2 aromatic carbocycles. The Hall–Kier alpha value is -2.59. The van der Waals surface area contributed by atoms with Gasteiger partial charge in [0.25, 0.3) is 0 Å². The summed E-state index contributed by atoms with van der Waals surface area (Å²) in [5.74, 6) is 0.801. The average molecular weight is 364 g/mol. The van der Waals surface area contributed by atoms with Gasteiger partial charge in [0.2, 0.25) is 5.43 Å². The number of likely N-dealkylation sites (tertiary alicyclic amines) is 1.